The first-order valence-corrected chi connectivity index (χ1v) is 5.38. The maximum atomic E-state index is 10.1. The summed E-state index contributed by atoms with van der Waals surface area (Å²) >= 11 is 0. The van der Waals surface area contributed by atoms with Gasteiger partial charge in [-0.2, -0.15) is 0 Å². The third-order valence-electron chi connectivity index (χ3n) is 2.59. The van der Waals surface area contributed by atoms with Gasteiger partial charge >= 0.3 is 0 Å². The molecule has 0 fully saturated rings. The molecular formula is C13H18O2. The lowest BCUT2D eigenvalue weighted by molar-refractivity contribution is -0.107. The summed E-state index contributed by atoms with van der Waals surface area (Å²) in [4.78, 5) is 10.1. The Hall–Kier alpha value is -1.31. The second-order valence-corrected chi connectivity index (χ2v) is 3.99. The minimum absolute atomic E-state index is 0.395. The summed E-state index contributed by atoms with van der Waals surface area (Å²) < 4.78 is 0. The number of aldehydes is 1. The number of aryl methyl sites for hydroxylation is 3. The molecule has 0 spiro atoms. The number of phenols is 1. The highest BCUT2D eigenvalue weighted by Gasteiger charge is 2.02. The summed E-state index contributed by atoms with van der Waals surface area (Å²) in [5.74, 6) is 0.395. The van der Waals surface area contributed by atoms with E-state index in [9.17, 15) is 9.90 Å². The van der Waals surface area contributed by atoms with Crippen molar-refractivity contribution in [2.75, 3.05) is 0 Å². The summed E-state index contributed by atoms with van der Waals surface area (Å²) in [7, 11) is 0. The number of benzene rings is 1. The quantitative estimate of drug-likeness (QED) is 0.594. The van der Waals surface area contributed by atoms with Crippen LogP contribution in [0.25, 0.3) is 0 Å². The fraction of sp³-hybridized carbons (Fsp3) is 0.462. The zero-order chi connectivity index (χ0) is 11.3. The lowest BCUT2D eigenvalue weighted by Gasteiger charge is -2.07. The van der Waals surface area contributed by atoms with E-state index in [1.807, 2.05) is 26.0 Å². The van der Waals surface area contributed by atoms with Gasteiger partial charge in [0.15, 0.2) is 0 Å². The summed E-state index contributed by atoms with van der Waals surface area (Å²) in [6, 6.07) is 4.03. The predicted molar refractivity (Wildman–Crippen MR) is 61.2 cm³/mol. The highest BCUT2D eigenvalue weighted by Crippen LogP contribution is 2.23. The van der Waals surface area contributed by atoms with Crippen molar-refractivity contribution in [3.05, 3.63) is 28.8 Å². The van der Waals surface area contributed by atoms with Crippen LogP contribution >= 0.6 is 0 Å². The molecule has 0 heterocycles. The maximum absolute atomic E-state index is 10.1. The Morgan fingerprint density at radius 1 is 1.20 bits per heavy atom. The van der Waals surface area contributed by atoms with E-state index in [-0.39, 0.29) is 0 Å². The van der Waals surface area contributed by atoms with E-state index in [1.54, 1.807) is 0 Å². The smallest absolute Gasteiger partial charge is 0.121 e. The zero-order valence-corrected chi connectivity index (χ0v) is 9.42. The summed E-state index contributed by atoms with van der Waals surface area (Å²) in [6.45, 7) is 3.83. The second kappa shape index (κ2) is 5.54. The molecule has 2 nitrogen and oxygen atoms in total. The molecule has 82 valence electrons. The van der Waals surface area contributed by atoms with Gasteiger partial charge in [-0.3, -0.25) is 0 Å². The van der Waals surface area contributed by atoms with Gasteiger partial charge in [-0.05, 0) is 49.8 Å². The van der Waals surface area contributed by atoms with Gasteiger partial charge in [-0.15, -0.1) is 0 Å². The van der Waals surface area contributed by atoms with E-state index in [4.69, 9.17) is 0 Å². The number of hydrogen-bond acceptors (Lipinski definition) is 2. The van der Waals surface area contributed by atoms with E-state index in [1.165, 1.54) is 5.56 Å². The molecule has 1 N–H and O–H groups in total. The van der Waals surface area contributed by atoms with Gasteiger partial charge in [0.25, 0.3) is 0 Å². The van der Waals surface area contributed by atoms with Crippen LogP contribution in [0.3, 0.4) is 0 Å². The topological polar surface area (TPSA) is 37.3 Å². The summed E-state index contributed by atoms with van der Waals surface area (Å²) in [5, 5.41) is 9.59. The molecule has 1 rings (SSSR count). The Kier molecular flexibility index (Phi) is 4.35. The van der Waals surface area contributed by atoms with Crippen LogP contribution in [0.4, 0.5) is 0 Å². The first-order valence-electron chi connectivity index (χ1n) is 5.38. The standard InChI is InChI=1S/C13H18O2/c1-10-8-12(6-4-3-5-7-14)9-11(2)13(10)15/h7-9,15H,3-6H2,1-2H3. The van der Waals surface area contributed by atoms with Crippen LogP contribution in [-0.2, 0) is 11.2 Å². The van der Waals surface area contributed by atoms with Crippen molar-refractivity contribution in [1.29, 1.82) is 0 Å². The normalized spacial score (nSPS) is 10.3. The molecule has 0 radical (unpaired) electrons. The first-order chi connectivity index (χ1) is 7.15. The molecule has 2 heteroatoms. The highest BCUT2D eigenvalue weighted by atomic mass is 16.3. The fourth-order valence-corrected chi connectivity index (χ4v) is 1.75. The van der Waals surface area contributed by atoms with Gasteiger partial charge in [0, 0.05) is 6.42 Å². The number of carbonyl (C=O) groups excluding carboxylic acids is 1. The van der Waals surface area contributed by atoms with Gasteiger partial charge in [0.2, 0.25) is 0 Å². The molecule has 0 aliphatic rings. The van der Waals surface area contributed by atoms with E-state index in [2.05, 4.69) is 0 Å². The molecule has 1 aromatic carbocycles. The maximum Gasteiger partial charge on any atom is 0.121 e. The van der Waals surface area contributed by atoms with E-state index < -0.39 is 0 Å². The van der Waals surface area contributed by atoms with E-state index >= 15 is 0 Å². The Morgan fingerprint density at radius 2 is 1.80 bits per heavy atom. The van der Waals surface area contributed by atoms with Gasteiger partial charge in [0.05, 0.1) is 0 Å². The highest BCUT2D eigenvalue weighted by molar-refractivity contribution is 5.49. The average Bonchev–Trinajstić information content (AvgIpc) is 2.21. The molecule has 0 unspecified atom stereocenters. The Bertz CT molecular complexity index is 319. The molecule has 1 aromatic rings. The molecule has 0 bridgehead atoms. The van der Waals surface area contributed by atoms with Gasteiger partial charge in [-0.1, -0.05) is 12.1 Å². The zero-order valence-electron chi connectivity index (χ0n) is 9.42. The number of phenolic OH excluding ortho intramolecular Hbond substituents is 1. The number of hydrogen-bond donors (Lipinski definition) is 1. The van der Waals surface area contributed by atoms with Crippen LogP contribution in [0.5, 0.6) is 5.75 Å². The number of carbonyl (C=O) groups is 1. The number of rotatable bonds is 5. The molecular weight excluding hydrogens is 188 g/mol. The Morgan fingerprint density at radius 3 is 2.33 bits per heavy atom. The van der Waals surface area contributed by atoms with Gasteiger partial charge < -0.3 is 9.90 Å². The molecule has 0 amide bonds. The molecule has 0 aromatic heterocycles. The molecule has 0 aliphatic heterocycles. The van der Waals surface area contributed by atoms with E-state index in [0.717, 1.165) is 36.7 Å². The molecule has 0 saturated carbocycles. The summed E-state index contributed by atoms with van der Waals surface area (Å²) in [6.07, 6.45) is 4.57. The third-order valence-corrected chi connectivity index (χ3v) is 2.59. The lowest BCUT2D eigenvalue weighted by Crippen LogP contribution is -1.90. The van der Waals surface area contributed by atoms with Crippen LogP contribution in [0.1, 0.15) is 36.0 Å². The first kappa shape index (κ1) is 11.8. The van der Waals surface area contributed by atoms with Crippen molar-refractivity contribution in [3.63, 3.8) is 0 Å². The van der Waals surface area contributed by atoms with Crippen molar-refractivity contribution in [1.82, 2.24) is 0 Å². The summed E-state index contributed by atoms with van der Waals surface area (Å²) in [5.41, 5.74) is 3.11. The minimum atomic E-state index is 0.395. The molecule has 0 atom stereocenters. The van der Waals surface area contributed by atoms with Crippen molar-refractivity contribution in [2.45, 2.75) is 39.5 Å². The molecule has 0 saturated heterocycles. The van der Waals surface area contributed by atoms with E-state index in [0.29, 0.717) is 12.2 Å². The van der Waals surface area contributed by atoms with Crippen molar-refractivity contribution in [2.24, 2.45) is 0 Å². The largest absolute Gasteiger partial charge is 0.507 e. The molecule has 15 heavy (non-hydrogen) atoms. The minimum Gasteiger partial charge on any atom is -0.507 e. The predicted octanol–water partition coefficient (Wildman–Crippen LogP) is 2.92. The average molecular weight is 206 g/mol. The number of aromatic hydroxyl groups is 1. The van der Waals surface area contributed by atoms with Crippen LogP contribution in [-0.4, -0.2) is 11.4 Å². The SMILES string of the molecule is Cc1cc(CCCCC=O)cc(C)c1O. The Labute approximate surface area is 90.9 Å². The Balaban J connectivity index is 2.58. The fourth-order valence-electron chi connectivity index (χ4n) is 1.75. The third kappa shape index (κ3) is 3.39. The number of unbranched alkanes of at least 4 members (excludes halogenated alkanes) is 2. The van der Waals surface area contributed by atoms with Crippen LogP contribution in [0.2, 0.25) is 0 Å². The monoisotopic (exact) mass is 206 g/mol. The molecule has 0 aliphatic carbocycles. The van der Waals surface area contributed by atoms with Crippen molar-refractivity contribution >= 4 is 6.29 Å². The van der Waals surface area contributed by atoms with Gasteiger partial charge in [0.1, 0.15) is 12.0 Å². The van der Waals surface area contributed by atoms with Crippen LogP contribution in [0, 0.1) is 13.8 Å². The van der Waals surface area contributed by atoms with Gasteiger partial charge in [-0.25, -0.2) is 0 Å². The lowest BCUT2D eigenvalue weighted by atomic mass is 10.0. The van der Waals surface area contributed by atoms with Crippen molar-refractivity contribution < 1.29 is 9.90 Å². The van der Waals surface area contributed by atoms with Crippen molar-refractivity contribution in [3.8, 4) is 5.75 Å². The van der Waals surface area contributed by atoms with Crippen LogP contribution in [0.15, 0.2) is 12.1 Å². The van der Waals surface area contributed by atoms with Crippen LogP contribution < -0.4 is 0 Å². The second-order valence-electron chi connectivity index (χ2n) is 3.99.